The number of anilines is 2. The van der Waals surface area contributed by atoms with Gasteiger partial charge in [0.15, 0.2) is 0 Å². The quantitative estimate of drug-likeness (QED) is 0.853. The average Bonchev–Trinajstić information content (AvgIpc) is 2.71. The molecule has 114 valence electrons. The Morgan fingerprint density at radius 2 is 2.05 bits per heavy atom. The number of furan rings is 1. The highest BCUT2D eigenvalue weighted by molar-refractivity contribution is 9.10. The van der Waals surface area contributed by atoms with Gasteiger partial charge in [0.25, 0.3) is 5.91 Å². The van der Waals surface area contributed by atoms with Gasteiger partial charge < -0.3 is 15.1 Å². The number of carbonyl (C=O) groups excluding carboxylic acids is 2. The number of rotatable bonds is 2. The van der Waals surface area contributed by atoms with Crippen LogP contribution in [-0.2, 0) is 11.2 Å². The van der Waals surface area contributed by atoms with Crippen molar-refractivity contribution < 1.29 is 14.0 Å². The minimum Gasteiger partial charge on any atom is -0.465 e. The van der Waals surface area contributed by atoms with Crippen LogP contribution in [0.2, 0.25) is 0 Å². The van der Waals surface area contributed by atoms with Crippen LogP contribution in [0.1, 0.15) is 33.9 Å². The topological polar surface area (TPSA) is 71.3 Å². The molecule has 0 aliphatic carbocycles. The summed E-state index contributed by atoms with van der Waals surface area (Å²) in [7, 11) is 0. The number of hydrogen-bond acceptors (Lipinski definition) is 3. The lowest BCUT2D eigenvalue weighted by Crippen LogP contribution is -2.19. The van der Waals surface area contributed by atoms with Crippen LogP contribution in [0.25, 0.3) is 0 Å². The summed E-state index contributed by atoms with van der Waals surface area (Å²) in [5, 5.41) is 5.66. The van der Waals surface area contributed by atoms with Gasteiger partial charge in [0, 0.05) is 17.8 Å². The highest BCUT2D eigenvalue weighted by Crippen LogP contribution is 2.29. The zero-order valence-corrected chi connectivity index (χ0v) is 13.8. The lowest BCUT2D eigenvalue weighted by molar-refractivity contribution is -0.116. The number of carbonyl (C=O) groups is 2. The summed E-state index contributed by atoms with van der Waals surface area (Å²) in [6.07, 6.45) is 1.22. The van der Waals surface area contributed by atoms with Gasteiger partial charge in [-0.15, -0.1) is 0 Å². The van der Waals surface area contributed by atoms with Crippen molar-refractivity contribution in [3.63, 3.8) is 0 Å². The van der Waals surface area contributed by atoms with Crippen molar-refractivity contribution in [3.8, 4) is 0 Å². The monoisotopic (exact) mass is 362 g/mol. The Kier molecular flexibility index (Phi) is 3.78. The average molecular weight is 363 g/mol. The highest BCUT2D eigenvalue weighted by atomic mass is 79.9. The zero-order chi connectivity index (χ0) is 15.9. The predicted molar refractivity (Wildman–Crippen MR) is 87.2 cm³/mol. The SMILES string of the molecule is Cc1oc(C)c(C(=O)Nc2ccc3c(c2)NC(=O)CC3)c1Br. The van der Waals surface area contributed by atoms with E-state index in [9.17, 15) is 9.59 Å². The van der Waals surface area contributed by atoms with Crippen LogP contribution < -0.4 is 10.6 Å². The first-order valence-corrected chi connectivity index (χ1v) is 7.74. The summed E-state index contributed by atoms with van der Waals surface area (Å²) in [5.74, 6) is 0.983. The van der Waals surface area contributed by atoms with Gasteiger partial charge in [-0.2, -0.15) is 0 Å². The molecular formula is C16H15BrN2O3. The van der Waals surface area contributed by atoms with Crippen LogP contribution >= 0.6 is 15.9 Å². The van der Waals surface area contributed by atoms with E-state index in [0.717, 1.165) is 17.7 Å². The summed E-state index contributed by atoms with van der Waals surface area (Å²) in [4.78, 5) is 23.9. The summed E-state index contributed by atoms with van der Waals surface area (Å²) >= 11 is 3.37. The minimum atomic E-state index is -0.247. The first-order valence-electron chi connectivity index (χ1n) is 6.95. The Hall–Kier alpha value is -2.08. The molecule has 2 heterocycles. The molecule has 0 saturated carbocycles. The van der Waals surface area contributed by atoms with Gasteiger partial charge in [-0.25, -0.2) is 0 Å². The molecule has 1 aliphatic rings. The number of nitrogens with one attached hydrogen (secondary N) is 2. The van der Waals surface area contributed by atoms with E-state index in [0.29, 0.717) is 33.7 Å². The van der Waals surface area contributed by atoms with Crippen molar-refractivity contribution in [1.82, 2.24) is 0 Å². The van der Waals surface area contributed by atoms with E-state index >= 15 is 0 Å². The molecule has 1 aromatic heterocycles. The van der Waals surface area contributed by atoms with E-state index in [4.69, 9.17) is 4.42 Å². The van der Waals surface area contributed by atoms with Crippen LogP contribution in [0.15, 0.2) is 27.1 Å². The van der Waals surface area contributed by atoms with E-state index in [2.05, 4.69) is 26.6 Å². The molecule has 1 aliphatic heterocycles. The van der Waals surface area contributed by atoms with Gasteiger partial charge >= 0.3 is 0 Å². The number of aryl methyl sites for hydroxylation is 3. The van der Waals surface area contributed by atoms with Crippen LogP contribution in [-0.4, -0.2) is 11.8 Å². The molecule has 2 amide bonds. The molecule has 2 N–H and O–H groups in total. The number of amides is 2. The fraction of sp³-hybridized carbons (Fsp3) is 0.250. The van der Waals surface area contributed by atoms with E-state index in [-0.39, 0.29) is 11.8 Å². The molecule has 0 radical (unpaired) electrons. The van der Waals surface area contributed by atoms with Crippen molar-refractivity contribution in [2.24, 2.45) is 0 Å². The highest BCUT2D eigenvalue weighted by Gasteiger charge is 2.21. The lowest BCUT2D eigenvalue weighted by atomic mass is 10.0. The van der Waals surface area contributed by atoms with Crippen LogP contribution in [0.5, 0.6) is 0 Å². The second kappa shape index (κ2) is 5.61. The third kappa shape index (κ3) is 2.66. The Bertz CT molecular complexity index is 780. The van der Waals surface area contributed by atoms with Gasteiger partial charge in [0.05, 0.1) is 10.0 Å². The van der Waals surface area contributed by atoms with Crippen molar-refractivity contribution >= 4 is 39.1 Å². The molecule has 5 nitrogen and oxygen atoms in total. The van der Waals surface area contributed by atoms with E-state index in [1.165, 1.54) is 0 Å². The summed E-state index contributed by atoms with van der Waals surface area (Å²) < 4.78 is 6.10. The normalized spacial score (nSPS) is 13.5. The Labute approximate surface area is 136 Å². The fourth-order valence-corrected chi connectivity index (χ4v) is 3.10. The molecule has 0 saturated heterocycles. The van der Waals surface area contributed by atoms with Gasteiger partial charge in [0.2, 0.25) is 5.91 Å². The Morgan fingerprint density at radius 1 is 1.27 bits per heavy atom. The van der Waals surface area contributed by atoms with Crippen molar-refractivity contribution in [1.29, 1.82) is 0 Å². The van der Waals surface area contributed by atoms with Crippen molar-refractivity contribution in [2.45, 2.75) is 26.7 Å². The summed E-state index contributed by atoms with van der Waals surface area (Å²) in [5.41, 5.74) is 2.96. The Morgan fingerprint density at radius 3 is 2.73 bits per heavy atom. The molecular weight excluding hydrogens is 348 g/mol. The second-order valence-corrected chi connectivity index (χ2v) is 6.07. The first kappa shape index (κ1) is 14.8. The molecule has 1 aromatic carbocycles. The lowest BCUT2D eigenvalue weighted by Gasteiger charge is -2.17. The van der Waals surface area contributed by atoms with Crippen LogP contribution in [0.4, 0.5) is 11.4 Å². The van der Waals surface area contributed by atoms with Crippen LogP contribution in [0, 0.1) is 13.8 Å². The Balaban J connectivity index is 1.85. The van der Waals surface area contributed by atoms with E-state index in [1.807, 2.05) is 12.1 Å². The predicted octanol–water partition coefficient (Wildman–Crippen LogP) is 3.80. The van der Waals surface area contributed by atoms with Gasteiger partial charge in [-0.05, 0) is 53.9 Å². The third-order valence-electron chi connectivity index (χ3n) is 3.68. The molecule has 3 rings (SSSR count). The van der Waals surface area contributed by atoms with Crippen LogP contribution in [0.3, 0.4) is 0 Å². The molecule has 22 heavy (non-hydrogen) atoms. The maximum atomic E-state index is 12.4. The summed E-state index contributed by atoms with van der Waals surface area (Å²) in [6, 6.07) is 5.54. The molecule has 2 aromatic rings. The maximum Gasteiger partial charge on any atom is 0.260 e. The van der Waals surface area contributed by atoms with Gasteiger partial charge in [-0.3, -0.25) is 9.59 Å². The van der Waals surface area contributed by atoms with E-state index in [1.54, 1.807) is 19.9 Å². The molecule has 0 atom stereocenters. The largest absolute Gasteiger partial charge is 0.465 e. The molecule has 0 fully saturated rings. The molecule has 0 bridgehead atoms. The number of halogens is 1. The minimum absolute atomic E-state index is 0.0000230. The third-order valence-corrected chi connectivity index (χ3v) is 4.63. The molecule has 0 spiro atoms. The first-order chi connectivity index (χ1) is 10.5. The summed E-state index contributed by atoms with van der Waals surface area (Å²) in [6.45, 7) is 3.54. The van der Waals surface area contributed by atoms with E-state index < -0.39 is 0 Å². The number of hydrogen-bond donors (Lipinski definition) is 2. The number of benzene rings is 1. The van der Waals surface area contributed by atoms with Gasteiger partial charge in [0.1, 0.15) is 11.5 Å². The smallest absolute Gasteiger partial charge is 0.260 e. The zero-order valence-electron chi connectivity index (χ0n) is 12.2. The maximum absolute atomic E-state index is 12.4. The molecule has 6 heteroatoms. The standard InChI is InChI=1S/C16H15BrN2O3/c1-8-14(15(17)9(2)22-8)16(21)18-11-5-3-10-4-6-13(20)19-12(10)7-11/h3,5,7H,4,6H2,1-2H3,(H,18,21)(H,19,20). The van der Waals surface area contributed by atoms with Crippen molar-refractivity contribution in [3.05, 3.63) is 45.3 Å². The molecule has 0 unspecified atom stereocenters. The van der Waals surface area contributed by atoms with Crippen molar-refractivity contribution in [2.75, 3.05) is 10.6 Å². The number of fused-ring (bicyclic) bond motifs is 1. The second-order valence-electron chi connectivity index (χ2n) is 5.28. The van der Waals surface area contributed by atoms with Gasteiger partial charge in [-0.1, -0.05) is 6.07 Å². The fourth-order valence-electron chi connectivity index (χ4n) is 2.56.